The lowest BCUT2D eigenvalue weighted by atomic mass is 10.1. The Labute approximate surface area is 154 Å². The minimum Gasteiger partial charge on any atom is -0.314 e. The average Bonchev–Trinajstić information content (AvgIpc) is 3.37. The number of benzene rings is 1. The van der Waals surface area contributed by atoms with E-state index < -0.39 is 14.9 Å². The quantitative estimate of drug-likeness (QED) is 0.596. The van der Waals surface area contributed by atoms with Crippen molar-refractivity contribution >= 4 is 28.1 Å². The fourth-order valence-corrected chi connectivity index (χ4v) is 4.89. The van der Waals surface area contributed by atoms with Crippen LogP contribution in [-0.2, 0) is 10.0 Å². The largest absolute Gasteiger partial charge is 0.314 e. The number of rotatable bonds is 6. The number of nitro groups is 1. The van der Waals surface area contributed by atoms with Gasteiger partial charge in [-0.3, -0.25) is 10.1 Å². The maximum atomic E-state index is 12.8. The van der Waals surface area contributed by atoms with E-state index >= 15 is 0 Å². The lowest BCUT2D eigenvalue weighted by Crippen LogP contribution is -2.45. The molecular formula is C16H24ClN3O4S. The highest BCUT2D eigenvalue weighted by molar-refractivity contribution is 7.89. The Morgan fingerprint density at radius 1 is 1.24 bits per heavy atom. The van der Waals surface area contributed by atoms with Crippen LogP contribution in [0.5, 0.6) is 0 Å². The van der Waals surface area contributed by atoms with Gasteiger partial charge in [0.05, 0.1) is 9.82 Å². The van der Waals surface area contributed by atoms with Crippen LogP contribution in [0.2, 0.25) is 0 Å². The molecule has 0 radical (unpaired) electrons. The average molecular weight is 390 g/mol. The summed E-state index contributed by atoms with van der Waals surface area (Å²) < 4.78 is 27.1. The van der Waals surface area contributed by atoms with Gasteiger partial charge >= 0.3 is 0 Å². The maximum absolute atomic E-state index is 12.8. The van der Waals surface area contributed by atoms with Gasteiger partial charge in [0.25, 0.3) is 5.69 Å². The molecule has 25 heavy (non-hydrogen) atoms. The number of nitro benzene ring substituents is 1. The number of hydrogen-bond acceptors (Lipinski definition) is 5. The van der Waals surface area contributed by atoms with Crippen molar-refractivity contribution in [2.75, 3.05) is 19.6 Å². The first-order chi connectivity index (χ1) is 11.4. The summed E-state index contributed by atoms with van der Waals surface area (Å²) in [5, 5.41) is 14.6. The number of sulfonamides is 1. The first-order valence-corrected chi connectivity index (χ1v) is 9.81. The van der Waals surface area contributed by atoms with Crippen LogP contribution in [0.15, 0.2) is 23.1 Å². The van der Waals surface area contributed by atoms with Crippen LogP contribution < -0.4 is 5.32 Å². The Hall–Kier alpha value is -1.22. The summed E-state index contributed by atoms with van der Waals surface area (Å²) in [5.74, 6) is 0.805. The van der Waals surface area contributed by atoms with Gasteiger partial charge in [-0.1, -0.05) is 6.07 Å². The summed E-state index contributed by atoms with van der Waals surface area (Å²) in [4.78, 5) is 10.5. The molecule has 0 amide bonds. The minimum absolute atomic E-state index is 0. The monoisotopic (exact) mass is 389 g/mol. The predicted molar refractivity (Wildman–Crippen MR) is 97.6 cm³/mol. The second-order valence-electron chi connectivity index (χ2n) is 6.69. The van der Waals surface area contributed by atoms with Crippen molar-refractivity contribution in [2.45, 2.75) is 43.5 Å². The molecule has 1 saturated carbocycles. The van der Waals surface area contributed by atoms with Gasteiger partial charge in [-0.25, -0.2) is 8.42 Å². The molecule has 1 aliphatic carbocycles. The Morgan fingerprint density at radius 3 is 2.44 bits per heavy atom. The first kappa shape index (κ1) is 20.1. The van der Waals surface area contributed by atoms with Crippen LogP contribution in [0.4, 0.5) is 5.69 Å². The van der Waals surface area contributed by atoms with E-state index in [1.165, 1.54) is 42.3 Å². The molecular weight excluding hydrogens is 366 g/mol. The van der Waals surface area contributed by atoms with Crippen LogP contribution in [0.25, 0.3) is 0 Å². The Kier molecular flexibility index (Phi) is 6.42. The molecule has 0 spiro atoms. The SMILES string of the molecule is Cc1c([N+](=O)[O-])cccc1S(=O)(=O)N1CCC(NCC2CC2)CC1.Cl. The van der Waals surface area contributed by atoms with Crippen LogP contribution >= 0.6 is 12.4 Å². The number of nitrogens with zero attached hydrogens (tertiary/aromatic N) is 2. The predicted octanol–water partition coefficient (Wildman–Crippen LogP) is 2.48. The molecule has 1 aliphatic heterocycles. The van der Waals surface area contributed by atoms with Crippen molar-refractivity contribution in [3.05, 3.63) is 33.9 Å². The molecule has 7 nitrogen and oxygen atoms in total. The van der Waals surface area contributed by atoms with Crippen molar-refractivity contribution in [3.63, 3.8) is 0 Å². The van der Waals surface area contributed by atoms with Gasteiger partial charge in [0.2, 0.25) is 10.0 Å². The summed E-state index contributed by atoms with van der Waals surface area (Å²) >= 11 is 0. The molecule has 1 saturated heterocycles. The topological polar surface area (TPSA) is 92.5 Å². The highest BCUT2D eigenvalue weighted by Crippen LogP contribution is 2.30. The van der Waals surface area contributed by atoms with Crippen molar-refractivity contribution in [2.24, 2.45) is 5.92 Å². The summed E-state index contributed by atoms with van der Waals surface area (Å²) in [5.41, 5.74) is 0.0496. The molecule has 2 fully saturated rings. The van der Waals surface area contributed by atoms with Crippen molar-refractivity contribution in [1.82, 2.24) is 9.62 Å². The van der Waals surface area contributed by atoms with Crippen LogP contribution in [0, 0.1) is 23.0 Å². The molecule has 0 aromatic heterocycles. The molecule has 1 heterocycles. The van der Waals surface area contributed by atoms with Gasteiger partial charge in [0.15, 0.2) is 0 Å². The molecule has 140 valence electrons. The van der Waals surface area contributed by atoms with Crippen molar-refractivity contribution in [3.8, 4) is 0 Å². The molecule has 0 bridgehead atoms. The van der Waals surface area contributed by atoms with E-state index in [9.17, 15) is 18.5 Å². The Morgan fingerprint density at radius 2 is 1.88 bits per heavy atom. The van der Waals surface area contributed by atoms with E-state index in [1.807, 2.05) is 0 Å². The zero-order chi connectivity index (χ0) is 17.3. The third-order valence-corrected chi connectivity index (χ3v) is 6.96. The fraction of sp³-hybridized carbons (Fsp3) is 0.625. The normalized spacial score (nSPS) is 19.4. The lowest BCUT2D eigenvalue weighted by molar-refractivity contribution is -0.385. The van der Waals surface area contributed by atoms with Gasteiger partial charge in [-0.15, -0.1) is 12.4 Å². The van der Waals surface area contributed by atoms with Crippen LogP contribution in [-0.4, -0.2) is 43.3 Å². The Bertz CT molecular complexity index is 729. The molecule has 1 aromatic rings. The molecule has 1 N–H and O–H groups in total. The number of piperidine rings is 1. The third-order valence-electron chi connectivity index (χ3n) is 4.92. The Balaban J connectivity index is 0.00000225. The minimum atomic E-state index is -3.69. The number of halogens is 1. The fourth-order valence-electron chi connectivity index (χ4n) is 3.17. The first-order valence-electron chi connectivity index (χ1n) is 8.37. The van der Waals surface area contributed by atoms with E-state index in [0.717, 1.165) is 25.3 Å². The smallest absolute Gasteiger partial charge is 0.273 e. The standard InChI is InChI=1S/C16H23N3O4S.ClH/c1-12-15(19(20)21)3-2-4-16(12)24(22,23)18-9-7-14(8-10-18)17-11-13-5-6-13;/h2-4,13-14,17H,5-11H2,1H3;1H. The molecule has 3 rings (SSSR count). The van der Waals surface area contributed by atoms with E-state index in [1.54, 1.807) is 0 Å². The zero-order valence-corrected chi connectivity index (χ0v) is 15.8. The van der Waals surface area contributed by atoms with E-state index in [-0.39, 0.29) is 28.6 Å². The van der Waals surface area contributed by atoms with Crippen molar-refractivity contribution < 1.29 is 13.3 Å². The van der Waals surface area contributed by atoms with E-state index in [2.05, 4.69) is 5.32 Å². The van der Waals surface area contributed by atoms with Crippen molar-refractivity contribution in [1.29, 1.82) is 0 Å². The van der Waals surface area contributed by atoms with Gasteiger partial charge in [-0.05, 0) is 51.1 Å². The molecule has 2 aliphatic rings. The molecule has 0 unspecified atom stereocenters. The van der Waals surface area contributed by atoms with Crippen LogP contribution in [0.1, 0.15) is 31.2 Å². The number of hydrogen-bond donors (Lipinski definition) is 1. The van der Waals surface area contributed by atoms with Gasteiger partial charge in [0.1, 0.15) is 0 Å². The third kappa shape index (κ3) is 4.49. The van der Waals surface area contributed by atoms with Crippen LogP contribution in [0.3, 0.4) is 0 Å². The molecule has 0 atom stereocenters. The van der Waals surface area contributed by atoms with Gasteiger partial charge < -0.3 is 5.32 Å². The zero-order valence-electron chi connectivity index (χ0n) is 14.2. The lowest BCUT2D eigenvalue weighted by Gasteiger charge is -2.32. The summed E-state index contributed by atoms with van der Waals surface area (Å²) in [6.45, 7) is 3.43. The van der Waals surface area contributed by atoms with E-state index in [0.29, 0.717) is 19.1 Å². The highest BCUT2D eigenvalue weighted by atomic mass is 35.5. The summed E-state index contributed by atoms with van der Waals surface area (Å²) in [6.07, 6.45) is 4.15. The number of nitrogens with one attached hydrogen (secondary N) is 1. The second-order valence-corrected chi connectivity index (χ2v) is 8.59. The van der Waals surface area contributed by atoms with E-state index in [4.69, 9.17) is 0 Å². The molecule has 1 aromatic carbocycles. The van der Waals surface area contributed by atoms with Gasteiger partial charge in [0, 0.05) is 30.8 Å². The maximum Gasteiger partial charge on any atom is 0.273 e. The summed E-state index contributed by atoms with van der Waals surface area (Å²) in [7, 11) is -3.69. The molecule has 9 heteroatoms. The summed E-state index contributed by atoms with van der Waals surface area (Å²) in [6, 6.07) is 4.59. The van der Waals surface area contributed by atoms with Gasteiger partial charge in [-0.2, -0.15) is 4.31 Å². The highest BCUT2D eigenvalue weighted by Gasteiger charge is 2.32. The second kappa shape index (κ2) is 7.99.